The van der Waals surface area contributed by atoms with E-state index in [4.69, 9.17) is 4.42 Å². The van der Waals surface area contributed by atoms with Gasteiger partial charge >= 0.3 is 12.0 Å². The second-order valence-electron chi connectivity index (χ2n) is 8.37. The Morgan fingerprint density at radius 3 is 2.67 bits per heavy atom. The van der Waals surface area contributed by atoms with Gasteiger partial charge in [-0.2, -0.15) is 0 Å². The van der Waals surface area contributed by atoms with Crippen molar-refractivity contribution in [3.05, 3.63) is 101 Å². The number of furan rings is 1. The summed E-state index contributed by atoms with van der Waals surface area (Å²) in [5.74, 6) is -1.22. The third-order valence-corrected chi connectivity index (χ3v) is 6.12. The van der Waals surface area contributed by atoms with E-state index >= 15 is 0 Å². The van der Waals surface area contributed by atoms with Crippen LogP contribution in [0.2, 0.25) is 0 Å². The van der Waals surface area contributed by atoms with Crippen molar-refractivity contribution >= 4 is 34.9 Å². The van der Waals surface area contributed by atoms with Crippen molar-refractivity contribution in [2.75, 3.05) is 7.11 Å². The Labute approximate surface area is 205 Å². The fraction of sp³-hybridized carbons (Fsp3) is 0.148. The molecule has 3 amide bonds. The number of hydrogen-bond donors (Lipinski definition) is 1. The fourth-order valence-corrected chi connectivity index (χ4v) is 4.35. The number of fused-ring (bicyclic) bond motifs is 1. The minimum Gasteiger partial charge on any atom is -0.463 e. The number of hydrogen-bond acceptors (Lipinski definition) is 5. The Morgan fingerprint density at radius 2 is 1.89 bits per heavy atom. The summed E-state index contributed by atoms with van der Waals surface area (Å²) in [6.07, 6.45) is 1.65. The van der Waals surface area contributed by atoms with Crippen LogP contribution >= 0.6 is 0 Å². The zero-order valence-corrected chi connectivity index (χ0v) is 19.6. The minimum atomic E-state index is -0.649. The second kappa shape index (κ2) is 9.18. The largest absolute Gasteiger partial charge is 0.463 e. The van der Waals surface area contributed by atoms with E-state index in [0.29, 0.717) is 6.54 Å². The smallest absolute Gasteiger partial charge is 0.373 e. The van der Waals surface area contributed by atoms with E-state index in [9.17, 15) is 18.8 Å². The number of nitrogens with one attached hydrogen (secondary N) is 1. The van der Waals surface area contributed by atoms with Gasteiger partial charge in [0.15, 0.2) is 0 Å². The number of benzene rings is 2. The van der Waals surface area contributed by atoms with Crippen molar-refractivity contribution in [3.63, 3.8) is 0 Å². The highest BCUT2D eigenvalue weighted by Crippen LogP contribution is 2.30. The highest BCUT2D eigenvalue weighted by Gasteiger charge is 2.35. The van der Waals surface area contributed by atoms with E-state index in [1.165, 1.54) is 31.4 Å². The molecule has 1 fully saturated rings. The molecule has 2 aromatic carbocycles. The molecule has 182 valence electrons. The van der Waals surface area contributed by atoms with Crippen LogP contribution in [0.25, 0.3) is 17.0 Å². The maximum Gasteiger partial charge on any atom is 0.373 e. The zero-order chi connectivity index (χ0) is 25.4. The fourth-order valence-electron chi connectivity index (χ4n) is 4.35. The van der Waals surface area contributed by atoms with E-state index in [2.05, 4.69) is 10.1 Å². The standard InChI is InChI=1S/C27H22FN3O5/c1-16-21(20-8-3-4-9-23(20)30(16)14-17-6-5-7-18(28)12-17)13-22-25(32)31(27(34)29-22)15-19-10-11-24(36-19)26(33)35-2/h3-13H,14-15H2,1-2H3,(H,29,34). The number of urea groups is 1. The average Bonchev–Trinajstić information content (AvgIpc) is 3.52. The van der Waals surface area contributed by atoms with E-state index in [1.807, 2.05) is 41.8 Å². The van der Waals surface area contributed by atoms with E-state index < -0.39 is 17.9 Å². The predicted molar refractivity (Wildman–Crippen MR) is 129 cm³/mol. The summed E-state index contributed by atoms with van der Waals surface area (Å²) in [4.78, 5) is 38.3. The van der Waals surface area contributed by atoms with Gasteiger partial charge in [-0.3, -0.25) is 9.69 Å². The lowest BCUT2D eigenvalue weighted by molar-refractivity contribution is -0.123. The number of esters is 1. The van der Waals surface area contributed by atoms with E-state index in [-0.39, 0.29) is 29.6 Å². The van der Waals surface area contributed by atoms with Crippen molar-refractivity contribution in [2.45, 2.75) is 20.0 Å². The Balaban J connectivity index is 1.46. The van der Waals surface area contributed by atoms with Crippen molar-refractivity contribution in [1.82, 2.24) is 14.8 Å². The van der Waals surface area contributed by atoms with Crippen molar-refractivity contribution in [1.29, 1.82) is 0 Å². The highest BCUT2D eigenvalue weighted by atomic mass is 19.1. The lowest BCUT2D eigenvalue weighted by Crippen LogP contribution is -2.30. The number of rotatable bonds is 6. The van der Waals surface area contributed by atoms with Gasteiger partial charge in [-0.05, 0) is 48.9 Å². The van der Waals surface area contributed by atoms with Crippen molar-refractivity contribution in [3.8, 4) is 0 Å². The number of aromatic nitrogens is 1. The molecule has 36 heavy (non-hydrogen) atoms. The SMILES string of the molecule is COC(=O)c1ccc(CN2C(=O)NC(=Cc3c(C)n(Cc4cccc(F)c4)c4ccccc34)C2=O)o1. The number of imide groups is 1. The first-order valence-electron chi connectivity index (χ1n) is 11.2. The first-order chi connectivity index (χ1) is 17.4. The van der Waals surface area contributed by atoms with Gasteiger partial charge in [0.2, 0.25) is 5.76 Å². The Hall–Kier alpha value is -4.66. The van der Waals surface area contributed by atoms with Crippen LogP contribution in [0.15, 0.2) is 70.8 Å². The number of methoxy groups -OCH3 is 1. The zero-order valence-electron chi connectivity index (χ0n) is 19.6. The number of carbonyl (C=O) groups is 3. The molecule has 3 heterocycles. The third kappa shape index (κ3) is 4.15. The molecule has 9 heteroatoms. The number of amides is 3. The van der Waals surface area contributed by atoms with Crippen LogP contribution < -0.4 is 5.32 Å². The molecule has 5 rings (SSSR count). The normalized spacial score (nSPS) is 14.6. The van der Waals surface area contributed by atoms with Crippen molar-refractivity contribution < 1.29 is 27.9 Å². The third-order valence-electron chi connectivity index (χ3n) is 6.12. The number of para-hydroxylation sites is 1. The molecule has 0 atom stereocenters. The number of nitrogens with zero attached hydrogens (tertiary/aromatic N) is 2. The molecular weight excluding hydrogens is 465 g/mol. The summed E-state index contributed by atoms with van der Waals surface area (Å²) >= 11 is 0. The number of ether oxygens (including phenoxy) is 1. The molecule has 8 nitrogen and oxygen atoms in total. The second-order valence-corrected chi connectivity index (χ2v) is 8.37. The van der Waals surface area contributed by atoms with Gasteiger partial charge < -0.3 is 19.0 Å². The Kier molecular flexibility index (Phi) is 5.89. The van der Waals surface area contributed by atoms with Crippen LogP contribution in [0, 0.1) is 12.7 Å². The lowest BCUT2D eigenvalue weighted by atomic mass is 10.1. The molecule has 1 aliphatic rings. The van der Waals surface area contributed by atoms with Gasteiger partial charge in [-0.25, -0.2) is 14.0 Å². The topological polar surface area (TPSA) is 93.8 Å². The number of halogens is 1. The van der Waals surface area contributed by atoms with Crippen LogP contribution in [-0.2, 0) is 22.6 Å². The maximum atomic E-state index is 13.8. The average molecular weight is 487 g/mol. The molecule has 0 spiro atoms. The van der Waals surface area contributed by atoms with Gasteiger partial charge in [-0.1, -0.05) is 30.3 Å². The van der Waals surface area contributed by atoms with Crippen LogP contribution in [0.4, 0.5) is 9.18 Å². The summed E-state index contributed by atoms with van der Waals surface area (Å²) in [5, 5.41) is 3.52. The van der Waals surface area contributed by atoms with Crippen LogP contribution in [-0.4, -0.2) is 34.5 Å². The quantitative estimate of drug-likeness (QED) is 0.244. The van der Waals surface area contributed by atoms with Crippen LogP contribution in [0.1, 0.15) is 33.1 Å². The highest BCUT2D eigenvalue weighted by molar-refractivity contribution is 6.14. The Bertz CT molecular complexity index is 1550. The summed E-state index contributed by atoms with van der Waals surface area (Å²) in [6.45, 7) is 2.22. The Morgan fingerprint density at radius 1 is 1.08 bits per heavy atom. The van der Waals surface area contributed by atoms with Gasteiger partial charge in [-0.15, -0.1) is 0 Å². The molecule has 4 aromatic rings. The summed E-state index contributed by atoms with van der Waals surface area (Å²) in [6, 6.07) is 16.5. The molecule has 0 saturated carbocycles. The maximum absolute atomic E-state index is 13.8. The molecular formula is C27H22FN3O5. The number of carbonyl (C=O) groups excluding carboxylic acids is 3. The molecule has 0 radical (unpaired) electrons. The van der Waals surface area contributed by atoms with Crippen LogP contribution in [0.5, 0.6) is 0 Å². The van der Waals surface area contributed by atoms with Gasteiger partial charge in [0.05, 0.1) is 13.7 Å². The predicted octanol–water partition coefficient (Wildman–Crippen LogP) is 4.61. The first-order valence-corrected chi connectivity index (χ1v) is 11.2. The molecule has 1 N–H and O–H groups in total. The first kappa shape index (κ1) is 23.1. The van der Waals surface area contributed by atoms with Gasteiger partial charge in [0.25, 0.3) is 5.91 Å². The van der Waals surface area contributed by atoms with Crippen molar-refractivity contribution in [2.24, 2.45) is 0 Å². The lowest BCUT2D eigenvalue weighted by Gasteiger charge is -2.09. The summed E-state index contributed by atoms with van der Waals surface area (Å²) < 4.78 is 25.8. The van der Waals surface area contributed by atoms with E-state index in [0.717, 1.165) is 32.6 Å². The summed E-state index contributed by atoms with van der Waals surface area (Å²) in [5.41, 5.74) is 3.49. The van der Waals surface area contributed by atoms with E-state index in [1.54, 1.807) is 12.1 Å². The molecule has 0 unspecified atom stereocenters. The molecule has 2 aromatic heterocycles. The molecule has 1 saturated heterocycles. The van der Waals surface area contributed by atoms with Crippen LogP contribution in [0.3, 0.4) is 0 Å². The monoisotopic (exact) mass is 487 g/mol. The van der Waals surface area contributed by atoms with Gasteiger partial charge in [0, 0.05) is 28.7 Å². The molecule has 0 bridgehead atoms. The summed E-state index contributed by atoms with van der Waals surface area (Å²) in [7, 11) is 1.23. The molecule has 1 aliphatic heterocycles. The van der Waals surface area contributed by atoms with Gasteiger partial charge in [0.1, 0.15) is 17.3 Å². The molecule has 0 aliphatic carbocycles. The minimum absolute atomic E-state index is 0.0166.